The number of aromatic nitrogens is 4. The van der Waals surface area contributed by atoms with Crippen LogP contribution in [-0.4, -0.2) is 102 Å². The molecule has 0 amide bonds. The van der Waals surface area contributed by atoms with Gasteiger partial charge in [0.15, 0.2) is 23.7 Å². The number of carboxylic acids is 1. The van der Waals surface area contributed by atoms with Gasteiger partial charge in [0.1, 0.15) is 36.2 Å². The number of anilines is 1. The number of nitrogens with zero attached hydrogens (tertiary/aromatic N) is 6. The lowest BCUT2D eigenvalue weighted by Crippen LogP contribution is -2.43. The summed E-state index contributed by atoms with van der Waals surface area (Å²) in [4.78, 5) is 29.1. The maximum atomic E-state index is 11.1. The van der Waals surface area contributed by atoms with Gasteiger partial charge in [-0.3, -0.25) is 14.4 Å². The van der Waals surface area contributed by atoms with E-state index in [-0.39, 0.29) is 24.7 Å². The number of carbonyl (C=O) groups is 1. The molecule has 11 N–H and O–H groups in total. The van der Waals surface area contributed by atoms with Crippen LogP contribution in [0.3, 0.4) is 0 Å². The van der Waals surface area contributed by atoms with Crippen molar-refractivity contribution in [2.75, 3.05) is 31.9 Å². The second kappa shape index (κ2) is 10.7. The number of aliphatic hydroxyl groups excluding tert-OH is 2. The van der Waals surface area contributed by atoms with Crippen LogP contribution in [0.25, 0.3) is 11.2 Å². The number of hydrogen-bond acceptors (Lipinski definition) is 11. The summed E-state index contributed by atoms with van der Waals surface area (Å²) in [5, 5.41) is 30.4. The molecule has 2 aromatic heterocycles. The van der Waals surface area contributed by atoms with Crippen LogP contribution in [0.2, 0.25) is 0 Å². The first-order valence-corrected chi connectivity index (χ1v) is 10.4. The number of rotatable bonds is 11. The first kappa shape index (κ1) is 24.5. The molecule has 0 spiro atoms. The fourth-order valence-corrected chi connectivity index (χ4v) is 3.66. The smallest absolute Gasteiger partial charge is 0.320 e. The molecule has 33 heavy (non-hydrogen) atoms. The van der Waals surface area contributed by atoms with Crippen LogP contribution >= 0.6 is 0 Å². The predicted octanol–water partition coefficient (Wildman–Crippen LogP) is -3.20. The van der Waals surface area contributed by atoms with Crippen molar-refractivity contribution in [1.29, 1.82) is 0 Å². The first-order valence-electron chi connectivity index (χ1n) is 10.4. The number of imidazole rings is 1. The highest BCUT2D eigenvalue weighted by atomic mass is 16.6. The Hall–Kier alpha value is -3.11. The minimum atomic E-state index is -1.26. The van der Waals surface area contributed by atoms with Crippen LogP contribution in [0.4, 0.5) is 5.82 Å². The highest BCUT2D eigenvalue weighted by molar-refractivity contribution is 5.81. The SMILES string of the molecule is NC(N)=NCCCN(CC[C@@H](N)C(=O)O)C[C@H]1O[C@@H](n2cnc3c(N)ncnc32)[C@H](O)[C@@H]1O. The van der Waals surface area contributed by atoms with Crippen molar-refractivity contribution in [3.05, 3.63) is 12.7 Å². The Morgan fingerprint density at radius 3 is 2.70 bits per heavy atom. The van der Waals surface area contributed by atoms with Crippen LogP contribution in [0.15, 0.2) is 17.6 Å². The first-order chi connectivity index (χ1) is 15.7. The number of nitrogen functional groups attached to an aromatic ring is 1. The Morgan fingerprint density at radius 1 is 1.24 bits per heavy atom. The Labute approximate surface area is 189 Å². The van der Waals surface area contributed by atoms with E-state index in [0.717, 1.165) is 0 Å². The number of aliphatic hydroxyl groups is 2. The van der Waals surface area contributed by atoms with Crippen LogP contribution in [-0.2, 0) is 9.53 Å². The molecule has 5 atom stereocenters. The Balaban J connectivity index is 1.70. The van der Waals surface area contributed by atoms with Gasteiger partial charge in [-0.25, -0.2) is 15.0 Å². The minimum Gasteiger partial charge on any atom is -0.480 e. The topological polar surface area (TPSA) is 250 Å². The van der Waals surface area contributed by atoms with Crippen LogP contribution in [0, 0.1) is 0 Å². The summed E-state index contributed by atoms with van der Waals surface area (Å²) in [7, 11) is 0. The molecule has 0 aliphatic carbocycles. The lowest BCUT2D eigenvalue weighted by molar-refractivity contribution is -0.138. The number of fused-ring (bicyclic) bond motifs is 1. The van der Waals surface area contributed by atoms with Crippen LogP contribution in [0.1, 0.15) is 19.1 Å². The van der Waals surface area contributed by atoms with E-state index < -0.39 is 36.6 Å². The van der Waals surface area contributed by atoms with E-state index in [1.54, 1.807) is 0 Å². The van der Waals surface area contributed by atoms with E-state index >= 15 is 0 Å². The van der Waals surface area contributed by atoms with Crippen molar-refractivity contribution in [2.24, 2.45) is 22.2 Å². The molecule has 1 aliphatic rings. The molecule has 1 aliphatic heterocycles. The molecule has 15 heteroatoms. The standard InChI is InChI=1S/C18H30N10O5/c19-9(17(31)32)2-5-27(4-1-3-23-18(21)22)6-10-12(29)13(30)16(33-10)28-8-26-11-14(20)24-7-25-15(11)28/h7-10,12-13,16,29-30H,1-6,19H2,(H,31,32)(H2,20,24,25)(H4,21,22,23)/t9-,10-,12-,13-,16-/m1/s1. The van der Waals surface area contributed by atoms with Gasteiger partial charge in [0.25, 0.3) is 0 Å². The van der Waals surface area contributed by atoms with Crippen molar-refractivity contribution in [3.63, 3.8) is 0 Å². The molecular formula is C18H30N10O5. The number of aliphatic imine (C=N–C) groups is 1. The monoisotopic (exact) mass is 466 g/mol. The minimum absolute atomic E-state index is 0.0213. The number of carboxylic acid groups (broad SMARTS) is 1. The maximum Gasteiger partial charge on any atom is 0.320 e. The normalized spacial score (nSPS) is 23.8. The lowest BCUT2D eigenvalue weighted by Gasteiger charge is -2.27. The van der Waals surface area contributed by atoms with Gasteiger partial charge in [-0.1, -0.05) is 0 Å². The van der Waals surface area contributed by atoms with Gasteiger partial charge < -0.3 is 47.9 Å². The highest BCUT2D eigenvalue weighted by Crippen LogP contribution is 2.32. The Morgan fingerprint density at radius 2 is 2.00 bits per heavy atom. The zero-order chi connectivity index (χ0) is 24.1. The largest absolute Gasteiger partial charge is 0.480 e. The summed E-state index contributed by atoms with van der Waals surface area (Å²) < 4.78 is 7.46. The third kappa shape index (κ3) is 5.82. The predicted molar refractivity (Wildman–Crippen MR) is 118 cm³/mol. The number of hydrogen-bond donors (Lipinski definition) is 7. The summed E-state index contributed by atoms with van der Waals surface area (Å²) in [6.07, 6.45) is -0.730. The van der Waals surface area contributed by atoms with E-state index in [1.165, 1.54) is 17.2 Å². The van der Waals surface area contributed by atoms with Gasteiger partial charge in [0.05, 0.1) is 6.33 Å². The average molecular weight is 467 g/mol. The summed E-state index contributed by atoms with van der Waals surface area (Å²) in [6, 6.07) is -1.03. The third-order valence-corrected chi connectivity index (χ3v) is 5.44. The quantitative estimate of drug-likeness (QED) is 0.0979. The molecule has 1 saturated heterocycles. The molecular weight excluding hydrogens is 436 g/mol. The molecule has 1 fully saturated rings. The number of guanidine groups is 1. The van der Waals surface area contributed by atoms with E-state index in [0.29, 0.717) is 37.2 Å². The van der Waals surface area contributed by atoms with E-state index in [9.17, 15) is 15.0 Å². The van der Waals surface area contributed by atoms with Crippen molar-refractivity contribution in [3.8, 4) is 0 Å². The summed E-state index contributed by atoms with van der Waals surface area (Å²) >= 11 is 0. The Bertz CT molecular complexity index is 981. The van der Waals surface area contributed by atoms with Gasteiger partial charge in [-0.05, 0) is 12.8 Å². The lowest BCUT2D eigenvalue weighted by atomic mass is 10.1. The third-order valence-electron chi connectivity index (χ3n) is 5.44. The zero-order valence-corrected chi connectivity index (χ0v) is 17.9. The van der Waals surface area contributed by atoms with Gasteiger partial charge in [-0.2, -0.15) is 0 Å². The molecule has 2 aromatic rings. The number of nitrogens with two attached hydrogens (primary N) is 4. The zero-order valence-electron chi connectivity index (χ0n) is 17.9. The van der Waals surface area contributed by atoms with Crippen molar-refractivity contribution < 1.29 is 24.9 Å². The number of ether oxygens (including phenoxy) is 1. The van der Waals surface area contributed by atoms with Crippen molar-refractivity contribution in [1.82, 2.24) is 24.4 Å². The number of aliphatic carboxylic acids is 1. The highest BCUT2D eigenvalue weighted by Gasteiger charge is 2.44. The van der Waals surface area contributed by atoms with Gasteiger partial charge in [0.2, 0.25) is 0 Å². The Kier molecular flexibility index (Phi) is 7.93. The molecule has 0 bridgehead atoms. The average Bonchev–Trinajstić information content (AvgIpc) is 3.31. The maximum absolute atomic E-state index is 11.1. The van der Waals surface area contributed by atoms with E-state index in [1.807, 2.05) is 4.90 Å². The fourth-order valence-electron chi connectivity index (χ4n) is 3.66. The van der Waals surface area contributed by atoms with Crippen molar-refractivity contribution in [2.45, 2.75) is 43.4 Å². The second-order valence-electron chi connectivity index (χ2n) is 7.82. The van der Waals surface area contributed by atoms with E-state index in [2.05, 4.69) is 19.9 Å². The molecule has 0 aromatic carbocycles. The summed E-state index contributed by atoms with van der Waals surface area (Å²) in [5.74, 6) is -0.937. The second-order valence-corrected chi connectivity index (χ2v) is 7.82. The van der Waals surface area contributed by atoms with E-state index in [4.69, 9.17) is 32.8 Å². The summed E-state index contributed by atoms with van der Waals surface area (Å²) in [5.41, 5.74) is 22.9. The van der Waals surface area contributed by atoms with Gasteiger partial charge in [-0.15, -0.1) is 0 Å². The fraction of sp³-hybridized carbons (Fsp3) is 0.611. The molecule has 0 saturated carbocycles. The van der Waals surface area contributed by atoms with Crippen LogP contribution < -0.4 is 22.9 Å². The van der Waals surface area contributed by atoms with Crippen molar-refractivity contribution >= 4 is 28.9 Å². The molecule has 0 radical (unpaired) electrons. The molecule has 15 nitrogen and oxygen atoms in total. The van der Waals surface area contributed by atoms with Gasteiger partial charge >= 0.3 is 5.97 Å². The summed E-state index contributed by atoms with van der Waals surface area (Å²) in [6.45, 7) is 1.42. The molecule has 0 unspecified atom stereocenters. The van der Waals surface area contributed by atoms with Crippen LogP contribution in [0.5, 0.6) is 0 Å². The molecule has 182 valence electrons. The van der Waals surface area contributed by atoms with Gasteiger partial charge in [0, 0.05) is 26.2 Å². The molecule has 3 rings (SSSR count). The molecule has 3 heterocycles.